The second-order valence-corrected chi connectivity index (χ2v) is 5.51. The first-order chi connectivity index (χ1) is 9.15. The predicted molar refractivity (Wildman–Crippen MR) is 83.0 cm³/mol. The number of nitrogens with one attached hydrogen (secondary N) is 1. The van der Waals surface area contributed by atoms with Gasteiger partial charge >= 0.3 is 0 Å². The average Bonchev–Trinajstić information content (AvgIpc) is 2.42. The summed E-state index contributed by atoms with van der Waals surface area (Å²) < 4.78 is 5.90. The summed E-state index contributed by atoms with van der Waals surface area (Å²) in [6, 6.07) is 8.99. The lowest BCUT2D eigenvalue weighted by atomic mass is 10.0. The summed E-state index contributed by atoms with van der Waals surface area (Å²) in [6.45, 7) is 10.8. The van der Waals surface area contributed by atoms with Crippen LogP contribution in [0.2, 0.25) is 0 Å². The summed E-state index contributed by atoms with van der Waals surface area (Å²) in [5.74, 6) is 1.57. The predicted octanol–water partition coefficient (Wildman–Crippen LogP) is 4.36. The molecule has 1 unspecified atom stereocenters. The highest BCUT2D eigenvalue weighted by Crippen LogP contribution is 2.25. The second kappa shape index (κ2) is 8.98. The molecule has 1 aromatic carbocycles. The van der Waals surface area contributed by atoms with Gasteiger partial charge in [0.05, 0.1) is 6.61 Å². The van der Waals surface area contributed by atoms with Crippen LogP contribution in [0.3, 0.4) is 0 Å². The average molecular weight is 263 g/mol. The Hall–Kier alpha value is -1.02. The van der Waals surface area contributed by atoms with Gasteiger partial charge in [0, 0.05) is 6.04 Å². The van der Waals surface area contributed by atoms with Crippen LogP contribution in [0, 0.1) is 0 Å². The first-order valence-electron chi connectivity index (χ1n) is 7.60. The summed E-state index contributed by atoms with van der Waals surface area (Å²) in [6.07, 6.45) is 3.47. The van der Waals surface area contributed by atoms with E-state index < -0.39 is 0 Å². The molecule has 2 nitrogen and oxygen atoms in total. The molecule has 0 aliphatic heterocycles. The van der Waals surface area contributed by atoms with Crippen LogP contribution in [0.4, 0.5) is 0 Å². The Labute approximate surface area is 118 Å². The number of ether oxygens (including phenoxy) is 1. The molecule has 0 saturated heterocycles. The van der Waals surface area contributed by atoms with Gasteiger partial charge in [-0.1, -0.05) is 39.0 Å². The van der Waals surface area contributed by atoms with E-state index in [9.17, 15) is 0 Å². The maximum absolute atomic E-state index is 5.90. The van der Waals surface area contributed by atoms with E-state index in [-0.39, 0.29) is 0 Å². The molecular weight excluding hydrogens is 234 g/mol. The minimum absolute atomic E-state index is 0.517. The van der Waals surface area contributed by atoms with Gasteiger partial charge in [-0.05, 0) is 50.3 Å². The highest BCUT2D eigenvalue weighted by Gasteiger charge is 2.06. The molecule has 0 aliphatic carbocycles. The Morgan fingerprint density at radius 1 is 1.11 bits per heavy atom. The van der Waals surface area contributed by atoms with Gasteiger partial charge in [0.1, 0.15) is 5.75 Å². The van der Waals surface area contributed by atoms with Crippen LogP contribution in [-0.4, -0.2) is 19.2 Å². The van der Waals surface area contributed by atoms with Crippen molar-refractivity contribution in [2.45, 2.75) is 58.9 Å². The van der Waals surface area contributed by atoms with Crippen LogP contribution in [0.5, 0.6) is 5.75 Å². The third kappa shape index (κ3) is 6.11. The van der Waals surface area contributed by atoms with Gasteiger partial charge in [0.2, 0.25) is 0 Å². The van der Waals surface area contributed by atoms with Crippen LogP contribution >= 0.6 is 0 Å². The van der Waals surface area contributed by atoms with Crippen LogP contribution < -0.4 is 10.1 Å². The van der Waals surface area contributed by atoms with Crippen molar-refractivity contribution in [3.8, 4) is 5.75 Å². The van der Waals surface area contributed by atoms with Crippen LogP contribution in [0.25, 0.3) is 0 Å². The van der Waals surface area contributed by atoms with Gasteiger partial charge in [0.25, 0.3) is 0 Å². The van der Waals surface area contributed by atoms with E-state index in [1.807, 2.05) is 6.07 Å². The molecule has 0 fully saturated rings. The number of para-hydroxylation sites is 1. The maximum Gasteiger partial charge on any atom is 0.122 e. The summed E-state index contributed by atoms with van der Waals surface area (Å²) in [7, 11) is 0. The van der Waals surface area contributed by atoms with E-state index >= 15 is 0 Å². The first kappa shape index (κ1) is 16.0. The third-order valence-electron chi connectivity index (χ3n) is 3.47. The molecule has 1 N–H and O–H groups in total. The fourth-order valence-corrected chi connectivity index (χ4v) is 1.99. The van der Waals surface area contributed by atoms with E-state index in [4.69, 9.17) is 4.74 Å². The SMILES string of the molecule is CCC(C)NCCCCOc1ccccc1C(C)C. The zero-order valence-electron chi connectivity index (χ0n) is 12.9. The minimum Gasteiger partial charge on any atom is -0.493 e. The van der Waals surface area contributed by atoms with Gasteiger partial charge in [-0.25, -0.2) is 0 Å². The maximum atomic E-state index is 5.90. The van der Waals surface area contributed by atoms with E-state index in [1.54, 1.807) is 0 Å². The summed E-state index contributed by atoms with van der Waals surface area (Å²) in [5, 5.41) is 3.51. The molecule has 0 amide bonds. The molecule has 1 rings (SSSR count). The summed E-state index contributed by atoms with van der Waals surface area (Å²) in [4.78, 5) is 0. The number of benzene rings is 1. The molecule has 0 aliphatic rings. The molecule has 0 radical (unpaired) electrons. The Kier molecular flexibility index (Phi) is 7.57. The molecule has 1 aromatic rings. The van der Waals surface area contributed by atoms with Gasteiger partial charge in [0.15, 0.2) is 0 Å². The zero-order valence-corrected chi connectivity index (χ0v) is 12.9. The van der Waals surface area contributed by atoms with Gasteiger partial charge in [-0.2, -0.15) is 0 Å². The molecule has 0 aromatic heterocycles. The molecule has 0 heterocycles. The number of hydrogen-bond donors (Lipinski definition) is 1. The van der Waals surface area contributed by atoms with Crippen molar-refractivity contribution in [1.82, 2.24) is 5.32 Å². The number of rotatable bonds is 9. The Balaban J connectivity index is 2.23. The largest absolute Gasteiger partial charge is 0.493 e. The zero-order chi connectivity index (χ0) is 14.1. The molecule has 108 valence electrons. The topological polar surface area (TPSA) is 21.3 Å². The van der Waals surface area contributed by atoms with Crippen LogP contribution in [-0.2, 0) is 0 Å². The number of unbranched alkanes of at least 4 members (excludes halogenated alkanes) is 1. The highest BCUT2D eigenvalue weighted by molar-refractivity contribution is 5.35. The lowest BCUT2D eigenvalue weighted by Gasteiger charge is -2.14. The highest BCUT2D eigenvalue weighted by atomic mass is 16.5. The van der Waals surface area contributed by atoms with E-state index in [1.165, 1.54) is 18.4 Å². The smallest absolute Gasteiger partial charge is 0.122 e. The fourth-order valence-electron chi connectivity index (χ4n) is 1.99. The molecule has 2 heteroatoms. The van der Waals surface area contributed by atoms with Crippen molar-refractivity contribution in [2.24, 2.45) is 0 Å². The third-order valence-corrected chi connectivity index (χ3v) is 3.47. The van der Waals surface area contributed by atoms with Crippen molar-refractivity contribution >= 4 is 0 Å². The summed E-state index contributed by atoms with van der Waals surface area (Å²) in [5.41, 5.74) is 1.31. The minimum atomic E-state index is 0.517. The fraction of sp³-hybridized carbons (Fsp3) is 0.647. The Morgan fingerprint density at radius 3 is 2.53 bits per heavy atom. The molecule has 0 saturated carbocycles. The van der Waals surface area contributed by atoms with Crippen molar-refractivity contribution in [3.63, 3.8) is 0 Å². The van der Waals surface area contributed by atoms with Gasteiger partial charge in [-0.3, -0.25) is 0 Å². The standard InChI is InChI=1S/C17H29NO/c1-5-15(4)18-12-8-9-13-19-17-11-7-6-10-16(17)14(2)3/h6-7,10-11,14-15,18H,5,8-9,12-13H2,1-4H3. The second-order valence-electron chi connectivity index (χ2n) is 5.51. The molecule has 0 bridgehead atoms. The molecule has 1 atom stereocenters. The van der Waals surface area contributed by atoms with Crippen molar-refractivity contribution < 1.29 is 4.74 Å². The van der Waals surface area contributed by atoms with Crippen molar-refractivity contribution in [1.29, 1.82) is 0 Å². The Bertz CT molecular complexity index is 349. The Morgan fingerprint density at radius 2 is 1.84 bits per heavy atom. The van der Waals surface area contributed by atoms with Crippen LogP contribution in [0.1, 0.15) is 58.4 Å². The van der Waals surface area contributed by atoms with E-state index in [0.717, 1.165) is 25.3 Å². The molecule has 0 spiro atoms. The molecule has 19 heavy (non-hydrogen) atoms. The summed E-state index contributed by atoms with van der Waals surface area (Å²) >= 11 is 0. The molecular formula is C17H29NO. The number of hydrogen-bond acceptors (Lipinski definition) is 2. The van der Waals surface area contributed by atoms with Gasteiger partial charge < -0.3 is 10.1 Å². The van der Waals surface area contributed by atoms with Gasteiger partial charge in [-0.15, -0.1) is 0 Å². The lowest BCUT2D eigenvalue weighted by molar-refractivity contribution is 0.300. The van der Waals surface area contributed by atoms with E-state index in [0.29, 0.717) is 12.0 Å². The van der Waals surface area contributed by atoms with Crippen LogP contribution in [0.15, 0.2) is 24.3 Å². The van der Waals surface area contributed by atoms with E-state index in [2.05, 4.69) is 51.2 Å². The first-order valence-corrected chi connectivity index (χ1v) is 7.60. The lowest BCUT2D eigenvalue weighted by Crippen LogP contribution is -2.26. The quantitative estimate of drug-likeness (QED) is 0.668. The van der Waals surface area contributed by atoms with Crippen molar-refractivity contribution in [3.05, 3.63) is 29.8 Å². The monoisotopic (exact) mass is 263 g/mol. The normalized spacial score (nSPS) is 12.7. The van der Waals surface area contributed by atoms with Crippen molar-refractivity contribution in [2.75, 3.05) is 13.2 Å².